The molecule has 5 heteroatoms. The highest BCUT2D eigenvalue weighted by Gasteiger charge is 2.16. The van der Waals surface area contributed by atoms with Gasteiger partial charge in [0.15, 0.2) is 0 Å². The first kappa shape index (κ1) is 12.2. The highest BCUT2D eigenvalue weighted by molar-refractivity contribution is 6.30. The number of hydrogen-bond donors (Lipinski definition) is 1. The fourth-order valence-electron chi connectivity index (χ4n) is 1.53. The molecule has 0 unspecified atom stereocenters. The molecule has 4 nitrogen and oxygen atoms in total. The van der Waals surface area contributed by atoms with Crippen LogP contribution in [0.5, 0.6) is 0 Å². The largest absolute Gasteiger partial charge is 0.391 e. The second-order valence-electron chi connectivity index (χ2n) is 3.50. The van der Waals surface area contributed by atoms with Crippen LogP contribution in [-0.4, -0.2) is 27.7 Å². The Morgan fingerprint density at radius 1 is 1.47 bits per heavy atom. The van der Waals surface area contributed by atoms with E-state index in [1.807, 2.05) is 6.92 Å². The number of anilines is 1. The summed E-state index contributed by atoms with van der Waals surface area (Å²) in [4.78, 5) is 10.1. The van der Waals surface area contributed by atoms with Gasteiger partial charge in [0, 0.05) is 12.6 Å². The van der Waals surface area contributed by atoms with Crippen molar-refractivity contribution in [2.45, 2.75) is 33.4 Å². The lowest BCUT2D eigenvalue weighted by molar-refractivity contribution is 0.281. The number of aliphatic hydroxyl groups excluding tert-OH is 1. The first-order valence-corrected chi connectivity index (χ1v) is 5.36. The van der Waals surface area contributed by atoms with E-state index in [4.69, 9.17) is 11.6 Å². The van der Waals surface area contributed by atoms with Crippen LogP contribution in [0.1, 0.15) is 26.3 Å². The van der Waals surface area contributed by atoms with Gasteiger partial charge in [-0.05, 0) is 20.8 Å². The third-order valence-corrected chi connectivity index (χ3v) is 2.59. The van der Waals surface area contributed by atoms with Crippen LogP contribution in [0.3, 0.4) is 0 Å². The minimum absolute atomic E-state index is 0.141. The number of hydrogen-bond acceptors (Lipinski definition) is 4. The Hall–Kier alpha value is -0.870. The summed E-state index contributed by atoms with van der Waals surface area (Å²) in [6.07, 6.45) is 1.42. The van der Waals surface area contributed by atoms with Gasteiger partial charge in [0.1, 0.15) is 17.3 Å². The van der Waals surface area contributed by atoms with E-state index in [1.54, 1.807) is 0 Å². The Balaban J connectivity index is 3.16. The lowest BCUT2D eigenvalue weighted by Gasteiger charge is -2.27. The second kappa shape index (κ2) is 5.28. The number of aliphatic hydroxyl groups is 1. The summed E-state index contributed by atoms with van der Waals surface area (Å²) in [5.74, 6) is 0.718. The van der Waals surface area contributed by atoms with Gasteiger partial charge in [-0.1, -0.05) is 11.6 Å². The quantitative estimate of drug-likeness (QED) is 0.801. The first-order valence-electron chi connectivity index (χ1n) is 4.98. The Morgan fingerprint density at radius 3 is 2.60 bits per heavy atom. The molecule has 1 aromatic rings. The molecule has 1 aromatic heterocycles. The average Bonchev–Trinajstić information content (AvgIpc) is 2.18. The molecule has 1 rings (SSSR count). The Kier molecular flexibility index (Phi) is 4.29. The fourth-order valence-corrected chi connectivity index (χ4v) is 1.71. The predicted molar refractivity (Wildman–Crippen MR) is 61.1 cm³/mol. The molecule has 0 aliphatic carbocycles. The van der Waals surface area contributed by atoms with Crippen molar-refractivity contribution in [1.82, 2.24) is 9.97 Å². The molecule has 0 spiro atoms. The van der Waals surface area contributed by atoms with Crippen LogP contribution >= 0.6 is 11.6 Å². The second-order valence-corrected chi connectivity index (χ2v) is 3.86. The highest BCUT2D eigenvalue weighted by atomic mass is 35.5. The number of rotatable bonds is 4. The van der Waals surface area contributed by atoms with Crippen molar-refractivity contribution >= 4 is 17.4 Å². The van der Waals surface area contributed by atoms with E-state index >= 15 is 0 Å². The molecule has 15 heavy (non-hydrogen) atoms. The van der Waals surface area contributed by atoms with Crippen molar-refractivity contribution < 1.29 is 5.11 Å². The Labute approximate surface area is 94.9 Å². The third kappa shape index (κ3) is 2.58. The molecule has 0 aliphatic heterocycles. The number of aromatic nitrogens is 2. The minimum Gasteiger partial charge on any atom is -0.391 e. The van der Waals surface area contributed by atoms with Crippen LogP contribution in [-0.2, 0) is 6.61 Å². The van der Waals surface area contributed by atoms with E-state index in [0.29, 0.717) is 16.8 Å². The van der Waals surface area contributed by atoms with Crippen LogP contribution in [0, 0.1) is 0 Å². The SMILES string of the molecule is CCN(c1ncnc(Cl)c1CO)C(C)C. The van der Waals surface area contributed by atoms with Gasteiger partial charge in [-0.25, -0.2) is 9.97 Å². The molecule has 84 valence electrons. The lowest BCUT2D eigenvalue weighted by Crippen LogP contribution is -2.32. The van der Waals surface area contributed by atoms with Crippen molar-refractivity contribution in [3.63, 3.8) is 0 Å². The van der Waals surface area contributed by atoms with Crippen molar-refractivity contribution in [2.75, 3.05) is 11.4 Å². The summed E-state index contributed by atoms with van der Waals surface area (Å²) in [6, 6.07) is 0.311. The monoisotopic (exact) mass is 229 g/mol. The van der Waals surface area contributed by atoms with Crippen molar-refractivity contribution in [3.8, 4) is 0 Å². The van der Waals surface area contributed by atoms with E-state index in [9.17, 15) is 5.11 Å². The lowest BCUT2D eigenvalue weighted by atomic mass is 10.2. The zero-order chi connectivity index (χ0) is 11.4. The smallest absolute Gasteiger partial charge is 0.140 e. The Morgan fingerprint density at radius 2 is 2.13 bits per heavy atom. The highest BCUT2D eigenvalue weighted by Crippen LogP contribution is 2.24. The first-order chi connectivity index (χ1) is 7.11. The maximum Gasteiger partial charge on any atom is 0.140 e. The maximum atomic E-state index is 9.23. The molecule has 0 saturated heterocycles. The third-order valence-electron chi connectivity index (χ3n) is 2.26. The molecule has 0 amide bonds. The van der Waals surface area contributed by atoms with E-state index in [0.717, 1.165) is 12.4 Å². The molecule has 0 aromatic carbocycles. The molecule has 0 radical (unpaired) electrons. The molecule has 1 heterocycles. The van der Waals surface area contributed by atoms with Gasteiger partial charge in [0.05, 0.1) is 12.2 Å². The summed E-state index contributed by atoms with van der Waals surface area (Å²) >= 11 is 5.90. The van der Waals surface area contributed by atoms with Gasteiger partial charge >= 0.3 is 0 Å². The number of halogens is 1. The van der Waals surface area contributed by atoms with Crippen LogP contribution < -0.4 is 4.90 Å². The molecule has 1 N–H and O–H groups in total. The molecule has 0 aliphatic rings. The van der Waals surface area contributed by atoms with E-state index in [-0.39, 0.29) is 6.61 Å². The zero-order valence-corrected chi connectivity index (χ0v) is 9.99. The topological polar surface area (TPSA) is 49.2 Å². The van der Waals surface area contributed by atoms with Crippen molar-refractivity contribution in [1.29, 1.82) is 0 Å². The zero-order valence-electron chi connectivity index (χ0n) is 9.24. The van der Waals surface area contributed by atoms with Crippen molar-refractivity contribution in [3.05, 3.63) is 17.0 Å². The van der Waals surface area contributed by atoms with Gasteiger partial charge in [-0.15, -0.1) is 0 Å². The summed E-state index contributed by atoms with van der Waals surface area (Å²) in [5.41, 5.74) is 0.592. The van der Waals surface area contributed by atoms with E-state index < -0.39 is 0 Å². The summed E-state index contributed by atoms with van der Waals surface area (Å²) in [7, 11) is 0. The predicted octanol–water partition coefficient (Wildman–Crippen LogP) is 1.86. The van der Waals surface area contributed by atoms with Gasteiger partial charge < -0.3 is 10.0 Å². The molecule has 0 bridgehead atoms. The molecular weight excluding hydrogens is 214 g/mol. The van der Waals surface area contributed by atoms with Crippen LogP contribution in [0.15, 0.2) is 6.33 Å². The summed E-state index contributed by atoms with van der Waals surface area (Å²) < 4.78 is 0. The normalized spacial score (nSPS) is 10.8. The van der Waals surface area contributed by atoms with E-state index in [1.165, 1.54) is 6.33 Å². The Bertz CT molecular complexity index is 330. The maximum absolute atomic E-state index is 9.23. The van der Waals surface area contributed by atoms with Crippen LogP contribution in [0.2, 0.25) is 5.15 Å². The summed E-state index contributed by atoms with van der Waals surface area (Å²) in [6.45, 7) is 6.86. The van der Waals surface area contributed by atoms with Gasteiger partial charge in [0.2, 0.25) is 0 Å². The van der Waals surface area contributed by atoms with Crippen LogP contribution in [0.25, 0.3) is 0 Å². The summed E-state index contributed by atoms with van der Waals surface area (Å²) in [5, 5.41) is 9.56. The standard InChI is InChI=1S/C10H16ClN3O/c1-4-14(7(2)3)10-8(5-15)9(11)12-6-13-10/h6-7,15H,4-5H2,1-3H3. The minimum atomic E-state index is -0.141. The van der Waals surface area contributed by atoms with Gasteiger partial charge in [-0.2, -0.15) is 0 Å². The van der Waals surface area contributed by atoms with Gasteiger partial charge in [0.25, 0.3) is 0 Å². The number of nitrogens with zero attached hydrogens (tertiary/aromatic N) is 3. The average molecular weight is 230 g/mol. The molecule has 0 atom stereocenters. The van der Waals surface area contributed by atoms with Gasteiger partial charge in [-0.3, -0.25) is 0 Å². The molecular formula is C10H16ClN3O. The molecule has 0 saturated carbocycles. The van der Waals surface area contributed by atoms with Crippen molar-refractivity contribution in [2.24, 2.45) is 0 Å². The van der Waals surface area contributed by atoms with Crippen LogP contribution in [0.4, 0.5) is 5.82 Å². The molecule has 0 fully saturated rings. The van der Waals surface area contributed by atoms with E-state index in [2.05, 4.69) is 28.7 Å². The fraction of sp³-hybridized carbons (Fsp3) is 0.600.